The van der Waals surface area contributed by atoms with E-state index in [0.29, 0.717) is 23.7 Å². The first-order valence-electron chi connectivity index (χ1n) is 11.3. The molecule has 1 atom stereocenters. The van der Waals surface area contributed by atoms with Crippen molar-refractivity contribution in [1.29, 1.82) is 0 Å². The molecule has 2 aliphatic heterocycles. The van der Waals surface area contributed by atoms with Gasteiger partial charge in [-0.25, -0.2) is 4.98 Å². The lowest BCUT2D eigenvalue weighted by molar-refractivity contribution is -0.137. The number of benzene rings is 2. The van der Waals surface area contributed by atoms with Crippen LogP contribution in [0.1, 0.15) is 42.1 Å². The van der Waals surface area contributed by atoms with Crippen LogP contribution in [0.25, 0.3) is 11.8 Å². The average Bonchev–Trinajstić information content (AvgIpc) is 3.43. The predicted octanol–water partition coefficient (Wildman–Crippen LogP) is 5.90. The number of aryl methyl sites for hydroxylation is 1. The molecule has 1 unspecified atom stereocenters. The number of methoxy groups -OCH3 is 1. The summed E-state index contributed by atoms with van der Waals surface area (Å²) in [4.78, 5) is 12.1. The minimum atomic E-state index is -4.38. The summed E-state index contributed by atoms with van der Waals surface area (Å²) in [6.07, 6.45) is 3.03. The maximum Gasteiger partial charge on any atom is 0.416 e. The fourth-order valence-corrected chi connectivity index (χ4v) is 4.59. The van der Waals surface area contributed by atoms with Crippen LogP contribution < -0.4 is 4.74 Å². The van der Waals surface area contributed by atoms with Gasteiger partial charge in [-0.15, -0.1) is 0 Å². The van der Waals surface area contributed by atoms with Gasteiger partial charge in [-0.3, -0.25) is 0 Å². The summed E-state index contributed by atoms with van der Waals surface area (Å²) in [5.41, 5.74) is 2.71. The molecule has 182 valence electrons. The minimum Gasteiger partial charge on any atom is -0.495 e. The largest absolute Gasteiger partial charge is 0.495 e. The SMILES string of the molecule is COc1cc(C=C2CCCN3C2=NOC3(C)c2ccc(C(F)(F)F)cc2)ccc1-n1cnc(C)c1. The van der Waals surface area contributed by atoms with Crippen LogP contribution in [0.2, 0.25) is 0 Å². The highest BCUT2D eigenvalue weighted by Gasteiger charge is 2.46. The Morgan fingerprint density at radius 2 is 1.91 bits per heavy atom. The fourth-order valence-electron chi connectivity index (χ4n) is 4.59. The molecular weight excluding hydrogens is 457 g/mol. The number of aromatic nitrogens is 2. The minimum absolute atomic E-state index is 0.618. The first-order chi connectivity index (χ1) is 16.7. The van der Waals surface area contributed by atoms with Gasteiger partial charge in [0.15, 0.2) is 5.84 Å². The van der Waals surface area contributed by atoms with Crippen LogP contribution in [0.15, 0.2) is 65.7 Å². The molecule has 3 heterocycles. The van der Waals surface area contributed by atoms with Crippen molar-refractivity contribution in [1.82, 2.24) is 14.5 Å². The van der Waals surface area contributed by atoms with Crippen LogP contribution in [-0.2, 0) is 16.7 Å². The van der Waals surface area contributed by atoms with Gasteiger partial charge in [-0.05, 0) is 61.2 Å². The van der Waals surface area contributed by atoms with E-state index in [1.807, 2.05) is 47.7 Å². The molecule has 2 aliphatic rings. The van der Waals surface area contributed by atoms with E-state index in [4.69, 9.17) is 9.57 Å². The Labute approximate surface area is 201 Å². The topological polar surface area (TPSA) is 51.9 Å². The number of oxime groups is 1. The Bertz CT molecular complexity index is 1310. The third-order valence-corrected chi connectivity index (χ3v) is 6.48. The van der Waals surface area contributed by atoms with Crippen molar-refractivity contribution in [3.8, 4) is 11.4 Å². The van der Waals surface area contributed by atoms with Gasteiger partial charge in [0.05, 0.1) is 30.4 Å². The molecule has 35 heavy (non-hydrogen) atoms. The molecule has 3 aromatic rings. The maximum atomic E-state index is 13.0. The van der Waals surface area contributed by atoms with E-state index in [1.54, 1.807) is 13.4 Å². The summed E-state index contributed by atoms with van der Waals surface area (Å²) < 4.78 is 46.6. The molecule has 6 nitrogen and oxygen atoms in total. The summed E-state index contributed by atoms with van der Waals surface area (Å²) in [6.45, 7) is 4.45. The number of piperidine rings is 1. The lowest BCUT2D eigenvalue weighted by atomic mass is 9.95. The Kier molecular flexibility index (Phi) is 5.57. The zero-order valence-electron chi connectivity index (χ0n) is 19.6. The molecule has 0 saturated carbocycles. The molecule has 1 saturated heterocycles. The van der Waals surface area contributed by atoms with Crippen LogP contribution in [0.3, 0.4) is 0 Å². The van der Waals surface area contributed by atoms with Gasteiger partial charge in [-0.1, -0.05) is 23.4 Å². The molecule has 0 spiro atoms. The number of hydrogen-bond donors (Lipinski definition) is 0. The second-order valence-electron chi connectivity index (χ2n) is 8.84. The number of hydrogen-bond acceptors (Lipinski definition) is 5. The van der Waals surface area contributed by atoms with Crippen molar-refractivity contribution in [2.24, 2.45) is 5.16 Å². The summed E-state index contributed by atoms with van der Waals surface area (Å²) in [6, 6.07) is 11.0. The number of nitrogens with zero attached hydrogens (tertiary/aromatic N) is 4. The molecule has 9 heteroatoms. The van der Waals surface area contributed by atoms with Crippen LogP contribution in [0.4, 0.5) is 13.2 Å². The normalized spacial score (nSPS) is 21.0. The van der Waals surface area contributed by atoms with E-state index >= 15 is 0 Å². The molecule has 0 aliphatic carbocycles. The molecule has 0 N–H and O–H groups in total. The smallest absolute Gasteiger partial charge is 0.416 e. The number of rotatable bonds is 4. The number of alkyl halides is 3. The average molecular weight is 483 g/mol. The lowest BCUT2D eigenvalue weighted by Gasteiger charge is -2.37. The summed E-state index contributed by atoms with van der Waals surface area (Å²) >= 11 is 0. The highest BCUT2D eigenvalue weighted by molar-refractivity contribution is 6.03. The van der Waals surface area contributed by atoms with Crippen LogP contribution in [0.5, 0.6) is 5.75 Å². The standard InChI is InChI=1S/C26H25F3N4O2/c1-17-15-32(16-30-17)22-11-6-18(14-23(22)34-3)13-19-5-4-12-33-24(19)31-35-25(33,2)20-7-9-21(10-8-20)26(27,28)29/h6-11,13-16H,4-5,12H2,1-3H3. The Morgan fingerprint density at radius 1 is 1.14 bits per heavy atom. The van der Waals surface area contributed by atoms with E-state index in [2.05, 4.69) is 16.2 Å². The summed E-state index contributed by atoms with van der Waals surface area (Å²) in [5, 5.41) is 4.35. The van der Waals surface area contributed by atoms with E-state index in [9.17, 15) is 13.2 Å². The van der Waals surface area contributed by atoms with Crippen molar-refractivity contribution < 1.29 is 22.7 Å². The number of fused-ring (bicyclic) bond motifs is 1. The third kappa shape index (κ3) is 4.15. The molecule has 0 amide bonds. The van der Waals surface area contributed by atoms with Gasteiger partial charge in [0.2, 0.25) is 5.72 Å². The number of ether oxygens (including phenoxy) is 1. The fraction of sp³-hybridized carbons (Fsp3) is 0.308. The van der Waals surface area contributed by atoms with Gasteiger partial charge >= 0.3 is 6.18 Å². The molecule has 1 fully saturated rings. The second kappa shape index (κ2) is 8.48. The zero-order valence-corrected chi connectivity index (χ0v) is 19.6. The number of halogens is 3. The highest BCUT2D eigenvalue weighted by atomic mass is 19.4. The molecule has 5 rings (SSSR count). The molecular formula is C26H25F3N4O2. The predicted molar refractivity (Wildman–Crippen MR) is 126 cm³/mol. The van der Waals surface area contributed by atoms with E-state index < -0.39 is 17.5 Å². The van der Waals surface area contributed by atoms with Gasteiger partial charge < -0.3 is 19.0 Å². The van der Waals surface area contributed by atoms with E-state index in [0.717, 1.165) is 47.5 Å². The Balaban J connectivity index is 1.43. The van der Waals surface area contributed by atoms with Crippen molar-refractivity contribution in [2.75, 3.05) is 13.7 Å². The molecule has 1 aromatic heterocycles. The number of imidazole rings is 1. The van der Waals surface area contributed by atoms with Crippen molar-refractivity contribution in [3.05, 3.63) is 82.9 Å². The van der Waals surface area contributed by atoms with Crippen molar-refractivity contribution in [2.45, 2.75) is 38.6 Å². The van der Waals surface area contributed by atoms with Gasteiger partial charge in [0, 0.05) is 25.2 Å². The number of amidine groups is 1. The van der Waals surface area contributed by atoms with E-state index in [-0.39, 0.29) is 0 Å². The van der Waals surface area contributed by atoms with Gasteiger partial charge in [0.25, 0.3) is 0 Å². The first-order valence-corrected chi connectivity index (χ1v) is 11.3. The summed E-state index contributed by atoms with van der Waals surface area (Å²) in [5.74, 6) is 1.41. The first kappa shape index (κ1) is 23.0. The molecule has 0 radical (unpaired) electrons. The van der Waals surface area contributed by atoms with E-state index in [1.165, 1.54) is 12.1 Å². The summed E-state index contributed by atoms with van der Waals surface area (Å²) in [7, 11) is 1.63. The Hall–Kier alpha value is -3.75. The third-order valence-electron chi connectivity index (χ3n) is 6.48. The monoisotopic (exact) mass is 482 g/mol. The second-order valence-corrected chi connectivity index (χ2v) is 8.84. The van der Waals surface area contributed by atoms with Crippen LogP contribution in [-0.4, -0.2) is 33.9 Å². The molecule has 0 bridgehead atoms. The quantitative estimate of drug-likeness (QED) is 0.464. The van der Waals surface area contributed by atoms with Crippen LogP contribution >= 0.6 is 0 Å². The molecule has 2 aromatic carbocycles. The van der Waals surface area contributed by atoms with Gasteiger partial charge in [-0.2, -0.15) is 13.2 Å². The maximum absolute atomic E-state index is 13.0. The zero-order chi connectivity index (χ0) is 24.8. The van der Waals surface area contributed by atoms with Crippen molar-refractivity contribution in [3.63, 3.8) is 0 Å². The lowest BCUT2D eigenvalue weighted by Crippen LogP contribution is -2.47. The van der Waals surface area contributed by atoms with Crippen LogP contribution in [0, 0.1) is 6.92 Å². The van der Waals surface area contributed by atoms with Crippen molar-refractivity contribution >= 4 is 11.9 Å². The van der Waals surface area contributed by atoms with Gasteiger partial charge in [0.1, 0.15) is 5.75 Å². The highest BCUT2D eigenvalue weighted by Crippen LogP contribution is 2.41. The Morgan fingerprint density at radius 3 is 2.57 bits per heavy atom.